The molecule has 4 rings (SSSR count). The SMILES string of the molecule is CCNC(=NCc1ccc(N2CCCCC2=O)cc1)N1CCC(N2CCOCC2)C1. The van der Waals surface area contributed by atoms with Crippen molar-refractivity contribution < 1.29 is 9.53 Å². The summed E-state index contributed by atoms with van der Waals surface area (Å²) < 4.78 is 5.50. The fourth-order valence-electron chi connectivity index (χ4n) is 4.63. The Hall–Kier alpha value is -2.12. The second-order valence-corrected chi connectivity index (χ2v) is 8.38. The van der Waals surface area contributed by atoms with Crippen LogP contribution in [0.15, 0.2) is 29.3 Å². The normalized spacial score (nSPS) is 23.8. The number of guanidine groups is 1. The Morgan fingerprint density at radius 3 is 2.67 bits per heavy atom. The van der Waals surface area contributed by atoms with Crippen LogP contribution in [0.2, 0.25) is 0 Å². The molecule has 1 amide bonds. The monoisotopic (exact) mass is 413 g/mol. The molecule has 3 aliphatic heterocycles. The molecule has 7 heteroatoms. The number of nitrogens with zero attached hydrogens (tertiary/aromatic N) is 4. The molecule has 0 aromatic heterocycles. The molecule has 3 heterocycles. The zero-order valence-corrected chi connectivity index (χ0v) is 18.2. The third kappa shape index (κ3) is 5.13. The first-order valence-corrected chi connectivity index (χ1v) is 11.5. The van der Waals surface area contributed by atoms with Crippen molar-refractivity contribution in [3.8, 4) is 0 Å². The summed E-state index contributed by atoms with van der Waals surface area (Å²) >= 11 is 0. The summed E-state index contributed by atoms with van der Waals surface area (Å²) in [6.07, 6.45) is 3.95. The van der Waals surface area contributed by atoms with E-state index in [1.54, 1.807) is 0 Å². The number of hydrogen-bond donors (Lipinski definition) is 1. The quantitative estimate of drug-likeness (QED) is 0.592. The molecule has 1 N–H and O–H groups in total. The maximum Gasteiger partial charge on any atom is 0.226 e. The molecule has 1 aromatic carbocycles. The van der Waals surface area contributed by atoms with Gasteiger partial charge in [-0.05, 0) is 43.9 Å². The topological polar surface area (TPSA) is 60.4 Å². The van der Waals surface area contributed by atoms with Gasteiger partial charge in [-0.25, -0.2) is 4.99 Å². The molecule has 7 nitrogen and oxygen atoms in total. The number of aliphatic imine (C=N–C) groups is 1. The Kier molecular flexibility index (Phi) is 7.23. The van der Waals surface area contributed by atoms with Crippen molar-refractivity contribution in [2.45, 2.75) is 45.2 Å². The number of piperidine rings is 1. The van der Waals surface area contributed by atoms with Crippen molar-refractivity contribution in [3.05, 3.63) is 29.8 Å². The molecular weight excluding hydrogens is 378 g/mol. The number of rotatable bonds is 5. The van der Waals surface area contributed by atoms with E-state index in [-0.39, 0.29) is 5.91 Å². The Morgan fingerprint density at radius 2 is 1.93 bits per heavy atom. The van der Waals surface area contributed by atoms with E-state index in [1.165, 1.54) is 12.0 Å². The zero-order chi connectivity index (χ0) is 20.8. The average molecular weight is 414 g/mol. The largest absolute Gasteiger partial charge is 0.379 e. The molecule has 3 saturated heterocycles. The van der Waals surface area contributed by atoms with Crippen LogP contribution in [0.1, 0.15) is 38.2 Å². The highest BCUT2D eigenvalue weighted by Crippen LogP contribution is 2.22. The predicted molar refractivity (Wildman–Crippen MR) is 120 cm³/mol. The Balaban J connectivity index is 1.36. The summed E-state index contributed by atoms with van der Waals surface area (Å²) in [5.41, 5.74) is 2.18. The summed E-state index contributed by atoms with van der Waals surface area (Å²) in [5.74, 6) is 1.24. The molecular formula is C23H35N5O2. The summed E-state index contributed by atoms with van der Waals surface area (Å²) in [5, 5.41) is 3.47. The van der Waals surface area contributed by atoms with E-state index >= 15 is 0 Å². The first kappa shape index (κ1) is 21.1. The number of anilines is 1. The lowest BCUT2D eigenvalue weighted by atomic mass is 10.1. The Labute approximate surface area is 180 Å². The van der Waals surface area contributed by atoms with Gasteiger partial charge in [-0.1, -0.05) is 12.1 Å². The molecule has 164 valence electrons. The van der Waals surface area contributed by atoms with Gasteiger partial charge < -0.3 is 19.9 Å². The Morgan fingerprint density at radius 1 is 1.13 bits per heavy atom. The molecule has 1 aromatic rings. The highest BCUT2D eigenvalue weighted by atomic mass is 16.5. The van der Waals surface area contributed by atoms with Crippen molar-refractivity contribution in [3.63, 3.8) is 0 Å². The van der Waals surface area contributed by atoms with Crippen LogP contribution in [-0.2, 0) is 16.1 Å². The molecule has 3 aliphatic rings. The number of amides is 1. The number of hydrogen-bond acceptors (Lipinski definition) is 4. The van der Waals surface area contributed by atoms with Gasteiger partial charge in [0.1, 0.15) is 0 Å². The standard InChI is InChI=1S/C23H35N5O2/c1-2-24-23(27-12-10-21(18-27)26-13-15-30-16-14-26)25-17-19-6-8-20(9-7-19)28-11-4-3-5-22(28)29/h6-9,21H,2-5,10-18H2,1H3,(H,24,25). The van der Waals surface area contributed by atoms with Crippen LogP contribution in [0.25, 0.3) is 0 Å². The molecule has 3 fully saturated rings. The fourth-order valence-corrected chi connectivity index (χ4v) is 4.63. The summed E-state index contributed by atoms with van der Waals surface area (Å²) in [6.45, 7) is 10.3. The van der Waals surface area contributed by atoms with Gasteiger partial charge >= 0.3 is 0 Å². The second kappa shape index (κ2) is 10.3. The van der Waals surface area contributed by atoms with Gasteiger partial charge in [0.2, 0.25) is 5.91 Å². The molecule has 0 saturated carbocycles. The maximum atomic E-state index is 12.1. The first-order valence-electron chi connectivity index (χ1n) is 11.5. The third-order valence-electron chi connectivity index (χ3n) is 6.34. The van der Waals surface area contributed by atoms with Gasteiger partial charge in [0.25, 0.3) is 0 Å². The van der Waals surface area contributed by atoms with Crippen LogP contribution in [0.4, 0.5) is 5.69 Å². The van der Waals surface area contributed by atoms with Crippen molar-refractivity contribution in [1.82, 2.24) is 15.1 Å². The summed E-state index contributed by atoms with van der Waals surface area (Å²) in [7, 11) is 0. The maximum absolute atomic E-state index is 12.1. The average Bonchev–Trinajstić information content (AvgIpc) is 3.28. The highest BCUT2D eigenvalue weighted by Gasteiger charge is 2.30. The van der Waals surface area contributed by atoms with Crippen LogP contribution in [0, 0.1) is 0 Å². The zero-order valence-electron chi connectivity index (χ0n) is 18.2. The van der Waals surface area contributed by atoms with Crippen LogP contribution in [0.5, 0.6) is 0 Å². The smallest absolute Gasteiger partial charge is 0.226 e. The highest BCUT2D eigenvalue weighted by molar-refractivity contribution is 5.93. The Bertz CT molecular complexity index is 730. The van der Waals surface area contributed by atoms with Crippen molar-refractivity contribution in [2.75, 3.05) is 57.4 Å². The number of likely N-dealkylation sites (tertiary alicyclic amines) is 1. The second-order valence-electron chi connectivity index (χ2n) is 8.38. The van der Waals surface area contributed by atoms with Gasteiger partial charge in [-0.3, -0.25) is 9.69 Å². The van der Waals surface area contributed by atoms with Gasteiger partial charge in [0.15, 0.2) is 5.96 Å². The third-order valence-corrected chi connectivity index (χ3v) is 6.34. The van der Waals surface area contributed by atoms with E-state index in [0.717, 1.165) is 77.0 Å². The lowest BCUT2D eigenvalue weighted by molar-refractivity contribution is -0.119. The van der Waals surface area contributed by atoms with Crippen molar-refractivity contribution in [2.24, 2.45) is 4.99 Å². The number of morpholine rings is 1. The molecule has 0 spiro atoms. The van der Waals surface area contributed by atoms with E-state index in [1.807, 2.05) is 4.90 Å². The lowest BCUT2D eigenvalue weighted by Gasteiger charge is -2.32. The van der Waals surface area contributed by atoms with E-state index in [2.05, 4.69) is 46.3 Å². The number of benzene rings is 1. The summed E-state index contributed by atoms with van der Waals surface area (Å²) in [4.78, 5) is 23.9. The van der Waals surface area contributed by atoms with Gasteiger partial charge in [-0.15, -0.1) is 0 Å². The molecule has 1 atom stereocenters. The molecule has 0 radical (unpaired) electrons. The van der Waals surface area contributed by atoms with Crippen LogP contribution < -0.4 is 10.2 Å². The van der Waals surface area contributed by atoms with Crippen molar-refractivity contribution in [1.29, 1.82) is 0 Å². The molecule has 0 bridgehead atoms. The van der Waals surface area contributed by atoms with E-state index in [0.29, 0.717) is 19.0 Å². The van der Waals surface area contributed by atoms with E-state index in [9.17, 15) is 4.79 Å². The van der Waals surface area contributed by atoms with E-state index in [4.69, 9.17) is 9.73 Å². The number of carbonyl (C=O) groups excluding carboxylic acids is 1. The lowest BCUT2D eigenvalue weighted by Crippen LogP contribution is -2.46. The van der Waals surface area contributed by atoms with Crippen molar-refractivity contribution >= 4 is 17.6 Å². The van der Waals surface area contributed by atoms with Crippen LogP contribution in [0.3, 0.4) is 0 Å². The molecule has 1 unspecified atom stereocenters. The number of ether oxygens (including phenoxy) is 1. The first-order chi connectivity index (χ1) is 14.7. The molecule has 0 aliphatic carbocycles. The van der Waals surface area contributed by atoms with Gasteiger partial charge in [0, 0.05) is 57.4 Å². The van der Waals surface area contributed by atoms with E-state index < -0.39 is 0 Å². The minimum absolute atomic E-state index is 0.241. The van der Waals surface area contributed by atoms with Crippen LogP contribution in [-0.4, -0.2) is 80.2 Å². The fraction of sp³-hybridized carbons (Fsp3) is 0.652. The predicted octanol–water partition coefficient (Wildman–Crippen LogP) is 2.08. The van der Waals surface area contributed by atoms with Crippen LogP contribution >= 0.6 is 0 Å². The summed E-state index contributed by atoms with van der Waals surface area (Å²) in [6, 6.07) is 8.92. The van der Waals surface area contributed by atoms with Gasteiger partial charge in [-0.2, -0.15) is 0 Å². The minimum Gasteiger partial charge on any atom is -0.379 e. The molecule has 30 heavy (non-hydrogen) atoms. The van der Waals surface area contributed by atoms with Gasteiger partial charge in [0.05, 0.1) is 19.8 Å². The number of carbonyl (C=O) groups is 1. The minimum atomic E-state index is 0.241. The number of nitrogens with one attached hydrogen (secondary N) is 1.